The maximum absolute atomic E-state index is 11.9. The van der Waals surface area contributed by atoms with Crippen LogP contribution in [0.2, 0.25) is 0 Å². The van der Waals surface area contributed by atoms with Gasteiger partial charge in [-0.05, 0) is 66.5 Å². The third-order valence-corrected chi connectivity index (χ3v) is 7.54. The summed E-state index contributed by atoms with van der Waals surface area (Å²) in [5.74, 6) is 0.376. The summed E-state index contributed by atoms with van der Waals surface area (Å²) in [6.45, 7) is 2.85. The minimum absolute atomic E-state index is 0.157. The average Bonchev–Trinajstić information content (AvgIpc) is 3.39. The molecule has 156 valence electrons. The second-order valence-electron chi connectivity index (χ2n) is 8.49. The van der Waals surface area contributed by atoms with E-state index in [2.05, 4.69) is 29.2 Å². The van der Waals surface area contributed by atoms with Crippen LogP contribution in [0.4, 0.5) is 0 Å². The minimum Gasteiger partial charge on any atom is -0.495 e. The number of ether oxygens (including phenoxy) is 1. The number of hydrogen-bond donors (Lipinski definition) is 1. The number of likely N-dealkylation sites (tertiary alicyclic amines) is 1. The van der Waals surface area contributed by atoms with Gasteiger partial charge in [0.05, 0.1) is 13.2 Å². The molecule has 5 nitrogen and oxygen atoms in total. The van der Waals surface area contributed by atoms with Gasteiger partial charge in [-0.15, -0.1) is 0 Å². The van der Waals surface area contributed by atoms with Crippen molar-refractivity contribution < 1.29 is 18.3 Å². The van der Waals surface area contributed by atoms with Gasteiger partial charge in [-0.2, -0.15) is 0 Å². The molecule has 1 unspecified atom stereocenters. The highest BCUT2D eigenvalue weighted by Crippen LogP contribution is 2.51. The Kier molecular flexibility index (Phi) is 5.44. The van der Waals surface area contributed by atoms with Crippen molar-refractivity contribution in [2.45, 2.75) is 42.1 Å². The molecule has 1 saturated carbocycles. The molecule has 1 saturated heterocycles. The number of methoxy groups -OCH3 is 1. The summed E-state index contributed by atoms with van der Waals surface area (Å²) in [6, 6.07) is 13.9. The molecule has 1 N–H and O–H groups in total. The quantitative estimate of drug-likeness (QED) is 0.752. The van der Waals surface area contributed by atoms with Crippen LogP contribution in [0.1, 0.15) is 31.2 Å². The summed E-state index contributed by atoms with van der Waals surface area (Å²) in [4.78, 5) is 2.58. The van der Waals surface area contributed by atoms with Gasteiger partial charge in [0.1, 0.15) is 10.6 Å². The lowest BCUT2D eigenvalue weighted by atomic mass is 9.90. The molecule has 0 bridgehead atoms. The molecule has 6 heteroatoms. The lowest BCUT2D eigenvalue weighted by Crippen LogP contribution is -2.26. The van der Waals surface area contributed by atoms with Crippen LogP contribution >= 0.6 is 0 Å². The fraction of sp³-hybridized carbons (Fsp3) is 0.478. The Bertz CT molecular complexity index is 980. The van der Waals surface area contributed by atoms with E-state index in [0.717, 1.165) is 43.6 Å². The Morgan fingerprint density at radius 3 is 2.38 bits per heavy atom. The van der Waals surface area contributed by atoms with Gasteiger partial charge in [-0.1, -0.05) is 30.3 Å². The van der Waals surface area contributed by atoms with Crippen LogP contribution in [0.15, 0.2) is 47.4 Å². The van der Waals surface area contributed by atoms with Crippen LogP contribution in [0.5, 0.6) is 5.75 Å². The number of rotatable bonds is 7. The second-order valence-corrected chi connectivity index (χ2v) is 10.5. The number of aliphatic hydroxyl groups is 1. The molecule has 0 spiro atoms. The zero-order chi connectivity index (χ0) is 20.6. The highest BCUT2D eigenvalue weighted by molar-refractivity contribution is 7.90. The van der Waals surface area contributed by atoms with Crippen LogP contribution in [0.3, 0.4) is 0 Å². The van der Waals surface area contributed by atoms with Crippen molar-refractivity contribution in [1.29, 1.82) is 0 Å². The molecule has 0 radical (unpaired) electrons. The van der Waals surface area contributed by atoms with E-state index in [4.69, 9.17) is 4.74 Å². The van der Waals surface area contributed by atoms with E-state index in [0.29, 0.717) is 5.75 Å². The smallest absolute Gasteiger partial charge is 0.179 e. The van der Waals surface area contributed by atoms with Gasteiger partial charge < -0.3 is 14.7 Å². The van der Waals surface area contributed by atoms with E-state index in [9.17, 15) is 13.5 Å². The number of nitrogens with zero attached hydrogens (tertiary/aromatic N) is 1. The molecule has 1 aliphatic carbocycles. The van der Waals surface area contributed by atoms with Gasteiger partial charge in [0, 0.05) is 19.3 Å². The second kappa shape index (κ2) is 7.74. The molecule has 4 rings (SSSR count). The Labute approximate surface area is 173 Å². The minimum atomic E-state index is -3.32. The Morgan fingerprint density at radius 1 is 1.14 bits per heavy atom. The van der Waals surface area contributed by atoms with Crippen molar-refractivity contribution in [3.8, 4) is 16.9 Å². The molecule has 2 aromatic rings. The summed E-state index contributed by atoms with van der Waals surface area (Å²) < 4.78 is 29.1. The van der Waals surface area contributed by atoms with Crippen molar-refractivity contribution in [1.82, 2.24) is 4.90 Å². The van der Waals surface area contributed by atoms with Crippen LogP contribution in [-0.2, 0) is 15.3 Å². The van der Waals surface area contributed by atoms with E-state index < -0.39 is 9.84 Å². The Morgan fingerprint density at radius 2 is 1.83 bits per heavy atom. The molecule has 1 atom stereocenters. The number of hydrogen-bond acceptors (Lipinski definition) is 5. The predicted molar refractivity (Wildman–Crippen MR) is 114 cm³/mol. The van der Waals surface area contributed by atoms with E-state index in [1.165, 1.54) is 31.8 Å². The van der Waals surface area contributed by atoms with Crippen LogP contribution < -0.4 is 4.74 Å². The number of benzene rings is 2. The fourth-order valence-corrected chi connectivity index (χ4v) is 5.21. The predicted octanol–water partition coefficient (Wildman–Crippen LogP) is 3.25. The Balaban J connectivity index is 1.49. The normalized spacial score (nSPS) is 21.3. The van der Waals surface area contributed by atoms with Crippen LogP contribution in [0, 0.1) is 0 Å². The van der Waals surface area contributed by atoms with Crippen molar-refractivity contribution in [2.24, 2.45) is 0 Å². The summed E-state index contributed by atoms with van der Waals surface area (Å²) in [7, 11) is -1.83. The van der Waals surface area contributed by atoms with Gasteiger partial charge in [0.25, 0.3) is 0 Å². The first-order valence-corrected chi connectivity index (χ1v) is 12.1. The third kappa shape index (κ3) is 4.34. The van der Waals surface area contributed by atoms with Crippen molar-refractivity contribution in [2.75, 3.05) is 33.0 Å². The Hall–Kier alpha value is -1.89. The van der Waals surface area contributed by atoms with Gasteiger partial charge >= 0.3 is 0 Å². The highest BCUT2D eigenvalue weighted by Gasteiger charge is 2.44. The topological polar surface area (TPSA) is 66.8 Å². The van der Waals surface area contributed by atoms with Gasteiger partial charge in [-0.3, -0.25) is 0 Å². The third-order valence-electron chi connectivity index (χ3n) is 6.40. The lowest BCUT2D eigenvalue weighted by Gasteiger charge is -2.21. The number of aliphatic hydroxyl groups excluding tert-OH is 1. The lowest BCUT2D eigenvalue weighted by molar-refractivity contribution is 0.175. The first-order valence-electron chi connectivity index (χ1n) is 10.2. The maximum atomic E-state index is 11.9. The zero-order valence-corrected chi connectivity index (χ0v) is 17.9. The molecule has 2 aromatic carbocycles. The maximum Gasteiger partial charge on any atom is 0.179 e. The SMILES string of the molecule is COc1cc(-c2ccc(C3(CCN4CCC(O)C4)CC3)cc2)ccc1S(C)(=O)=O. The largest absolute Gasteiger partial charge is 0.495 e. The highest BCUT2D eigenvalue weighted by atomic mass is 32.2. The van der Waals surface area contributed by atoms with Gasteiger partial charge in [-0.25, -0.2) is 8.42 Å². The van der Waals surface area contributed by atoms with Gasteiger partial charge in [0.15, 0.2) is 9.84 Å². The molecule has 1 aliphatic heterocycles. The molecule has 2 aliphatic rings. The molecule has 1 heterocycles. The van der Waals surface area contributed by atoms with Crippen LogP contribution in [0.25, 0.3) is 11.1 Å². The molecule has 0 amide bonds. The standard InChI is InChI=1S/C23H29NO4S/c1-28-21-15-18(5-8-22(21)29(2,26)27)17-3-6-19(7-4-17)23(10-11-23)12-14-24-13-9-20(25)16-24/h3-8,15,20,25H,9-14,16H2,1-2H3. The summed E-state index contributed by atoms with van der Waals surface area (Å²) in [6.07, 6.45) is 5.51. The van der Waals surface area contributed by atoms with Crippen molar-refractivity contribution in [3.05, 3.63) is 48.0 Å². The van der Waals surface area contributed by atoms with E-state index in [-0.39, 0.29) is 16.4 Å². The summed E-state index contributed by atoms with van der Waals surface area (Å²) >= 11 is 0. The van der Waals surface area contributed by atoms with E-state index in [1.54, 1.807) is 12.1 Å². The van der Waals surface area contributed by atoms with Gasteiger partial charge in [0.2, 0.25) is 0 Å². The number of β-amino-alcohol motifs (C(OH)–C–C–N with tert-alkyl or cyclic N) is 1. The van der Waals surface area contributed by atoms with Crippen molar-refractivity contribution in [3.63, 3.8) is 0 Å². The average molecular weight is 416 g/mol. The molecular formula is C23H29NO4S. The monoisotopic (exact) mass is 415 g/mol. The van der Waals surface area contributed by atoms with E-state index in [1.807, 2.05) is 6.07 Å². The summed E-state index contributed by atoms with van der Waals surface area (Å²) in [5, 5.41) is 9.72. The number of sulfone groups is 1. The van der Waals surface area contributed by atoms with Crippen LogP contribution in [-0.4, -0.2) is 57.5 Å². The van der Waals surface area contributed by atoms with E-state index >= 15 is 0 Å². The summed E-state index contributed by atoms with van der Waals surface area (Å²) in [5.41, 5.74) is 3.65. The molecule has 29 heavy (non-hydrogen) atoms. The molecular weight excluding hydrogens is 386 g/mol. The van der Waals surface area contributed by atoms with Crippen molar-refractivity contribution >= 4 is 9.84 Å². The fourth-order valence-electron chi connectivity index (χ4n) is 4.39. The molecule has 0 aromatic heterocycles. The first-order chi connectivity index (χ1) is 13.8. The molecule has 2 fully saturated rings. The zero-order valence-electron chi connectivity index (χ0n) is 17.1. The first kappa shape index (κ1) is 20.4.